The van der Waals surface area contributed by atoms with Crippen molar-refractivity contribution in [2.24, 2.45) is 0 Å². The Balaban J connectivity index is 1.95. The molecule has 3 aromatic rings. The van der Waals surface area contributed by atoms with E-state index in [4.69, 9.17) is 4.74 Å². The van der Waals surface area contributed by atoms with Crippen LogP contribution in [0.3, 0.4) is 0 Å². The Bertz CT molecular complexity index is 904. The molecule has 1 aliphatic carbocycles. The monoisotopic (exact) mass is 323 g/mol. The van der Waals surface area contributed by atoms with Gasteiger partial charge in [-0.05, 0) is 43.9 Å². The Kier molecular flexibility index (Phi) is 3.77. The molecule has 0 bridgehead atoms. The SMILES string of the molecule is COC(=O)c1ccc2c3ccccc3n([C@H]3CC[C@H](O)CC3)c2c1. The summed E-state index contributed by atoms with van der Waals surface area (Å²) in [5.41, 5.74) is 2.83. The highest BCUT2D eigenvalue weighted by Crippen LogP contribution is 2.37. The summed E-state index contributed by atoms with van der Waals surface area (Å²) in [6, 6.07) is 14.5. The number of aliphatic hydroxyl groups excluding tert-OH is 1. The zero-order chi connectivity index (χ0) is 16.7. The van der Waals surface area contributed by atoms with E-state index in [-0.39, 0.29) is 12.1 Å². The Morgan fingerprint density at radius 3 is 2.50 bits per heavy atom. The minimum atomic E-state index is -0.312. The first-order valence-electron chi connectivity index (χ1n) is 8.48. The third kappa shape index (κ3) is 2.38. The molecule has 0 aliphatic heterocycles. The van der Waals surface area contributed by atoms with Crippen LogP contribution in [0.5, 0.6) is 0 Å². The van der Waals surface area contributed by atoms with Crippen molar-refractivity contribution in [1.29, 1.82) is 0 Å². The summed E-state index contributed by atoms with van der Waals surface area (Å²) in [6.45, 7) is 0. The minimum Gasteiger partial charge on any atom is -0.465 e. The number of ether oxygens (including phenoxy) is 1. The number of benzene rings is 2. The number of para-hydroxylation sites is 1. The van der Waals surface area contributed by atoms with Crippen molar-refractivity contribution in [3.05, 3.63) is 48.0 Å². The van der Waals surface area contributed by atoms with Gasteiger partial charge in [0.15, 0.2) is 0 Å². The number of esters is 1. The van der Waals surface area contributed by atoms with Gasteiger partial charge in [0.2, 0.25) is 0 Å². The third-order valence-corrected chi connectivity index (χ3v) is 5.16. The number of fused-ring (bicyclic) bond motifs is 3. The molecule has 0 amide bonds. The predicted octanol–water partition coefficient (Wildman–Crippen LogP) is 4.06. The second kappa shape index (κ2) is 5.95. The van der Waals surface area contributed by atoms with Crippen LogP contribution in [0.2, 0.25) is 0 Å². The van der Waals surface area contributed by atoms with Gasteiger partial charge in [-0.25, -0.2) is 4.79 Å². The maximum Gasteiger partial charge on any atom is 0.337 e. The number of aromatic nitrogens is 1. The molecule has 1 aromatic heterocycles. The smallest absolute Gasteiger partial charge is 0.337 e. The molecular weight excluding hydrogens is 302 g/mol. The highest BCUT2D eigenvalue weighted by molar-refractivity contribution is 6.09. The minimum absolute atomic E-state index is 0.181. The third-order valence-electron chi connectivity index (χ3n) is 5.16. The van der Waals surface area contributed by atoms with Gasteiger partial charge in [-0.2, -0.15) is 0 Å². The number of hydrogen-bond acceptors (Lipinski definition) is 3. The quantitative estimate of drug-likeness (QED) is 0.724. The number of rotatable bonds is 2. The van der Waals surface area contributed by atoms with E-state index in [0.29, 0.717) is 11.6 Å². The van der Waals surface area contributed by atoms with Crippen molar-refractivity contribution < 1.29 is 14.6 Å². The van der Waals surface area contributed by atoms with Gasteiger partial charge < -0.3 is 14.4 Å². The van der Waals surface area contributed by atoms with Gasteiger partial charge in [-0.3, -0.25) is 0 Å². The van der Waals surface area contributed by atoms with E-state index in [0.717, 1.165) is 36.6 Å². The van der Waals surface area contributed by atoms with E-state index in [9.17, 15) is 9.90 Å². The van der Waals surface area contributed by atoms with Crippen LogP contribution in [0, 0.1) is 0 Å². The van der Waals surface area contributed by atoms with Crippen LogP contribution in [-0.2, 0) is 4.74 Å². The summed E-state index contributed by atoms with van der Waals surface area (Å²) in [5.74, 6) is -0.312. The van der Waals surface area contributed by atoms with Crippen molar-refractivity contribution in [3.8, 4) is 0 Å². The molecule has 1 N–H and O–H groups in total. The number of aliphatic hydroxyl groups is 1. The zero-order valence-electron chi connectivity index (χ0n) is 13.7. The van der Waals surface area contributed by atoms with Gasteiger partial charge in [-0.15, -0.1) is 0 Å². The Morgan fingerprint density at radius 2 is 1.75 bits per heavy atom. The van der Waals surface area contributed by atoms with Gasteiger partial charge in [0.25, 0.3) is 0 Å². The first kappa shape index (κ1) is 15.2. The van der Waals surface area contributed by atoms with Crippen molar-refractivity contribution in [1.82, 2.24) is 4.57 Å². The van der Waals surface area contributed by atoms with Gasteiger partial charge >= 0.3 is 5.97 Å². The predicted molar refractivity (Wildman–Crippen MR) is 94.3 cm³/mol. The summed E-state index contributed by atoms with van der Waals surface area (Å²) < 4.78 is 7.23. The molecule has 1 heterocycles. The Hall–Kier alpha value is -2.33. The fraction of sp³-hybridized carbons (Fsp3) is 0.350. The standard InChI is InChI=1S/C20H21NO3/c1-24-20(23)13-6-11-17-16-4-2-3-5-18(16)21(19(17)12-13)14-7-9-15(22)10-8-14/h2-6,11-12,14-15,22H,7-10H2,1H3/t14-,15-. The average molecular weight is 323 g/mol. The summed E-state index contributed by atoms with van der Waals surface area (Å²) in [5, 5.41) is 12.2. The summed E-state index contributed by atoms with van der Waals surface area (Å²) in [6.07, 6.45) is 3.39. The van der Waals surface area contributed by atoms with Crippen LogP contribution < -0.4 is 0 Å². The summed E-state index contributed by atoms with van der Waals surface area (Å²) >= 11 is 0. The number of carbonyl (C=O) groups excluding carboxylic acids is 1. The lowest BCUT2D eigenvalue weighted by atomic mass is 9.92. The van der Waals surface area contributed by atoms with Gasteiger partial charge in [-0.1, -0.05) is 24.3 Å². The van der Waals surface area contributed by atoms with Gasteiger partial charge in [0, 0.05) is 22.3 Å². The normalized spacial score (nSPS) is 21.2. The summed E-state index contributed by atoms with van der Waals surface area (Å²) in [4.78, 5) is 11.9. The van der Waals surface area contributed by atoms with E-state index >= 15 is 0 Å². The van der Waals surface area contributed by atoms with Crippen LogP contribution in [0.15, 0.2) is 42.5 Å². The second-order valence-electron chi connectivity index (χ2n) is 6.57. The molecule has 24 heavy (non-hydrogen) atoms. The number of hydrogen-bond donors (Lipinski definition) is 1. The first-order chi connectivity index (χ1) is 11.7. The molecule has 0 radical (unpaired) electrons. The maximum absolute atomic E-state index is 11.9. The molecule has 1 fully saturated rings. The lowest BCUT2D eigenvalue weighted by Gasteiger charge is -2.28. The van der Waals surface area contributed by atoms with E-state index in [1.165, 1.54) is 18.0 Å². The highest BCUT2D eigenvalue weighted by Gasteiger charge is 2.24. The molecule has 0 saturated heterocycles. The highest BCUT2D eigenvalue weighted by atomic mass is 16.5. The molecule has 1 aliphatic rings. The van der Waals surface area contributed by atoms with E-state index in [1.807, 2.05) is 24.3 Å². The van der Waals surface area contributed by atoms with Crippen LogP contribution in [0.4, 0.5) is 0 Å². The van der Waals surface area contributed by atoms with Crippen LogP contribution in [0.1, 0.15) is 42.1 Å². The molecule has 4 heteroatoms. The Morgan fingerprint density at radius 1 is 1.04 bits per heavy atom. The number of methoxy groups -OCH3 is 1. The van der Waals surface area contributed by atoms with Crippen molar-refractivity contribution in [2.45, 2.75) is 37.8 Å². The molecule has 0 unspecified atom stereocenters. The molecule has 2 aromatic carbocycles. The first-order valence-corrected chi connectivity index (χ1v) is 8.48. The molecule has 1 saturated carbocycles. The number of carbonyl (C=O) groups is 1. The van der Waals surface area contributed by atoms with E-state index in [2.05, 4.69) is 22.8 Å². The van der Waals surface area contributed by atoms with Crippen LogP contribution >= 0.6 is 0 Å². The van der Waals surface area contributed by atoms with Gasteiger partial charge in [0.05, 0.1) is 24.3 Å². The average Bonchev–Trinajstić information content (AvgIpc) is 2.95. The molecule has 0 atom stereocenters. The fourth-order valence-electron chi connectivity index (χ4n) is 3.95. The van der Waals surface area contributed by atoms with Crippen molar-refractivity contribution in [2.75, 3.05) is 7.11 Å². The van der Waals surface area contributed by atoms with Crippen LogP contribution in [-0.4, -0.2) is 28.9 Å². The molecular formula is C20H21NO3. The molecule has 124 valence electrons. The fourth-order valence-corrected chi connectivity index (χ4v) is 3.95. The topological polar surface area (TPSA) is 51.5 Å². The van der Waals surface area contributed by atoms with Crippen molar-refractivity contribution in [3.63, 3.8) is 0 Å². The zero-order valence-corrected chi connectivity index (χ0v) is 13.7. The lowest BCUT2D eigenvalue weighted by Crippen LogP contribution is -2.21. The Labute approximate surface area is 140 Å². The van der Waals surface area contributed by atoms with Gasteiger partial charge in [0.1, 0.15) is 0 Å². The summed E-state index contributed by atoms with van der Waals surface area (Å²) in [7, 11) is 1.41. The second-order valence-corrected chi connectivity index (χ2v) is 6.57. The van der Waals surface area contributed by atoms with Crippen molar-refractivity contribution >= 4 is 27.8 Å². The largest absolute Gasteiger partial charge is 0.465 e. The van der Waals surface area contributed by atoms with E-state index < -0.39 is 0 Å². The molecule has 4 rings (SSSR count). The molecule has 0 spiro atoms. The van der Waals surface area contributed by atoms with E-state index in [1.54, 1.807) is 0 Å². The molecule has 4 nitrogen and oxygen atoms in total. The lowest BCUT2D eigenvalue weighted by molar-refractivity contribution is 0.0601. The van der Waals surface area contributed by atoms with Crippen LogP contribution in [0.25, 0.3) is 21.8 Å². The maximum atomic E-state index is 11.9. The number of nitrogens with zero attached hydrogens (tertiary/aromatic N) is 1.